The molecular weight excluding hydrogens is 360 g/mol. The molecule has 1 aliphatic heterocycles. The highest BCUT2D eigenvalue weighted by Gasteiger charge is 2.19. The summed E-state index contributed by atoms with van der Waals surface area (Å²) in [5.74, 6) is 5.88. The van der Waals surface area contributed by atoms with E-state index in [2.05, 4.69) is 27.9 Å². The van der Waals surface area contributed by atoms with E-state index < -0.39 is 0 Å². The molecule has 0 unspecified atom stereocenters. The molecule has 0 spiro atoms. The molecule has 0 saturated carbocycles. The van der Waals surface area contributed by atoms with E-state index in [1.165, 1.54) is 4.88 Å². The summed E-state index contributed by atoms with van der Waals surface area (Å²) in [6.45, 7) is 4.30. The van der Waals surface area contributed by atoms with Crippen molar-refractivity contribution in [2.24, 2.45) is 7.05 Å². The van der Waals surface area contributed by atoms with Crippen LogP contribution in [0, 0.1) is 11.8 Å². The van der Waals surface area contributed by atoms with Gasteiger partial charge < -0.3 is 10.0 Å². The second-order valence-electron chi connectivity index (χ2n) is 6.68. The summed E-state index contributed by atoms with van der Waals surface area (Å²) in [7, 11) is 1.91. The molecule has 0 aliphatic carbocycles. The van der Waals surface area contributed by atoms with E-state index in [1.807, 2.05) is 28.8 Å². The van der Waals surface area contributed by atoms with Gasteiger partial charge in [-0.25, -0.2) is 0 Å². The van der Waals surface area contributed by atoms with Gasteiger partial charge >= 0.3 is 0 Å². The first-order valence-electron chi connectivity index (χ1n) is 9.31. The molecule has 1 amide bonds. The van der Waals surface area contributed by atoms with Gasteiger partial charge in [0, 0.05) is 63.0 Å². The van der Waals surface area contributed by atoms with Crippen molar-refractivity contribution in [1.29, 1.82) is 0 Å². The van der Waals surface area contributed by atoms with Gasteiger partial charge in [-0.1, -0.05) is 11.8 Å². The molecule has 1 saturated heterocycles. The zero-order valence-electron chi connectivity index (χ0n) is 15.7. The summed E-state index contributed by atoms with van der Waals surface area (Å²) in [5, 5.41) is 12.9. The molecule has 0 aromatic carbocycles. The lowest BCUT2D eigenvalue weighted by molar-refractivity contribution is -0.131. The summed E-state index contributed by atoms with van der Waals surface area (Å²) in [6, 6.07) is 6.08. The molecule has 6 nitrogen and oxygen atoms in total. The van der Waals surface area contributed by atoms with Crippen LogP contribution in [0.25, 0.3) is 0 Å². The second kappa shape index (κ2) is 9.70. The third-order valence-corrected chi connectivity index (χ3v) is 5.78. The van der Waals surface area contributed by atoms with Crippen LogP contribution in [0.4, 0.5) is 0 Å². The number of aromatic nitrogens is 2. The molecule has 1 aliphatic rings. The second-order valence-corrected chi connectivity index (χ2v) is 7.85. The number of aryl methyl sites for hydroxylation is 2. The van der Waals surface area contributed by atoms with Crippen LogP contribution in [-0.4, -0.2) is 63.4 Å². The number of aliphatic hydroxyl groups excluding tert-OH is 1. The molecule has 27 heavy (non-hydrogen) atoms. The highest BCUT2D eigenvalue weighted by atomic mass is 32.1. The zero-order chi connectivity index (χ0) is 19.1. The molecule has 2 aromatic heterocycles. The van der Waals surface area contributed by atoms with Crippen molar-refractivity contribution in [3.8, 4) is 11.8 Å². The Labute approximate surface area is 164 Å². The maximum atomic E-state index is 12.6. The Balaban J connectivity index is 1.47. The van der Waals surface area contributed by atoms with Crippen molar-refractivity contribution in [1.82, 2.24) is 19.6 Å². The van der Waals surface area contributed by atoms with Gasteiger partial charge in [0.05, 0.1) is 4.88 Å². The van der Waals surface area contributed by atoms with Crippen molar-refractivity contribution in [3.05, 3.63) is 39.8 Å². The van der Waals surface area contributed by atoms with E-state index in [-0.39, 0.29) is 12.5 Å². The van der Waals surface area contributed by atoms with Crippen LogP contribution in [0.5, 0.6) is 0 Å². The number of carbonyl (C=O) groups is 1. The summed E-state index contributed by atoms with van der Waals surface area (Å²) in [4.78, 5) is 19.2. The fourth-order valence-corrected chi connectivity index (χ4v) is 4.22. The van der Waals surface area contributed by atoms with Crippen molar-refractivity contribution in [3.63, 3.8) is 0 Å². The maximum absolute atomic E-state index is 12.6. The molecule has 3 heterocycles. The van der Waals surface area contributed by atoms with Crippen molar-refractivity contribution in [2.45, 2.75) is 25.8 Å². The fourth-order valence-electron chi connectivity index (χ4n) is 3.30. The van der Waals surface area contributed by atoms with Crippen LogP contribution in [0.3, 0.4) is 0 Å². The standard InChI is InChI=1S/C20H26N4O2S/c1-22-17(9-10-21-22)5-8-20(26)24-12-3-11-23(13-14-24)16-19-7-6-18(27-19)4-2-15-25/h6-7,9-10,25H,3,5,8,11-16H2,1H3. The normalized spacial score (nSPS) is 15.3. The average molecular weight is 387 g/mol. The smallest absolute Gasteiger partial charge is 0.223 e. The highest BCUT2D eigenvalue weighted by molar-refractivity contribution is 7.12. The number of carbonyl (C=O) groups excluding carboxylic acids is 1. The lowest BCUT2D eigenvalue weighted by Crippen LogP contribution is -2.35. The number of hydrogen-bond donors (Lipinski definition) is 1. The van der Waals surface area contributed by atoms with E-state index in [9.17, 15) is 4.79 Å². The Morgan fingerprint density at radius 1 is 1.26 bits per heavy atom. The maximum Gasteiger partial charge on any atom is 0.223 e. The van der Waals surface area contributed by atoms with Gasteiger partial charge in [-0.15, -0.1) is 11.3 Å². The molecule has 1 N–H and O–H groups in total. The van der Waals surface area contributed by atoms with Gasteiger partial charge in [0.2, 0.25) is 5.91 Å². The van der Waals surface area contributed by atoms with Crippen LogP contribution in [0.1, 0.15) is 28.3 Å². The lowest BCUT2D eigenvalue weighted by atomic mass is 10.2. The van der Waals surface area contributed by atoms with Gasteiger partial charge in [0.25, 0.3) is 0 Å². The summed E-state index contributed by atoms with van der Waals surface area (Å²) in [6.07, 6.45) is 4.05. The largest absolute Gasteiger partial charge is 0.384 e. The van der Waals surface area contributed by atoms with Crippen molar-refractivity contribution >= 4 is 17.2 Å². The first kappa shape index (κ1) is 19.6. The number of amides is 1. The minimum absolute atomic E-state index is 0.107. The summed E-state index contributed by atoms with van der Waals surface area (Å²) >= 11 is 1.67. The number of hydrogen-bond acceptors (Lipinski definition) is 5. The molecule has 7 heteroatoms. The summed E-state index contributed by atoms with van der Waals surface area (Å²) < 4.78 is 1.83. The van der Waals surface area contributed by atoms with Crippen molar-refractivity contribution < 1.29 is 9.90 Å². The topological polar surface area (TPSA) is 61.6 Å². The van der Waals surface area contributed by atoms with Gasteiger partial charge in [0.1, 0.15) is 6.61 Å². The minimum Gasteiger partial charge on any atom is -0.384 e. The number of nitrogens with zero attached hydrogens (tertiary/aromatic N) is 4. The first-order valence-corrected chi connectivity index (χ1v) is 10.1. The Hall–Kier alpha value is -2.14. The fraction of sp³-hybridized carbons (Fsp3) is 0.500. The molecule has 2 aromatic rings. The lowest BCUT2D eigenvalue weighted by Gasteiger charge is -2.21. The highest BCUT2D eigenvalue weighted by Crippen LogP contribution is 2.18. The van der Waals surface area contributed by atoms with E-state index in [0.29, 0.717) is 6.42 Å². The Bertz CT molecular complexity index is 817. The molecule has 0 atom stereocenters. The van der Waals surface area contributed by atoms with E-state index in [1.54, 1.807) is 17.5 Å². The SMILES string of the molecule is Cn1nccc1CCC(=O)N1CCCN(Cc2ccc(C#CCO)s2)CC1. The zero-order valence-corrected chi connectivity index (χ0v) is 16.5. The van der Waals surface area contributed by atoms with Crippen LogP contribution in [0.15, 0.2) is 24.4 Å². The third kappa shape index (κ3) is 5.67. The Morgan fingerprint density at radius 2 is 2.15 bits per heavy atom. The first-order chi connectivity index (χ1) is 13.2. The van der Waals surface area contributed by atoms with Crippen LogP contribution in [0.2, 0.25) is 0 Å². The molecular formula is C20H26N4O2S. The molecule has 1 fully saturated rings. The molecule has 0 bridgehead atoms. The van der Waals surface area contributed by atoms with E-state index in [4.69, 9.17) is 5.11 Å². The average Bonchev–Trinajstić information content (AvgIpc) is 3.21. The number of aliphatic hydroxyl groups is 1. The molecule has 144 valence electrons. The third-order valence-electron chi connectivity index (χ3n) is 4.79. The number of thiophene rings is 1. The molecule has 3 rings (SSSR count). The summed E-state index contributed by atoms with van der Waals surface area (Å²) in [5.41, 5.74) is 1.09. The van der Waals surface area contributed by atoms with Gasteiger partial charge in [-0.05, 0) is 31.0 Å². The quantitative estimate of drug-likeness (QED) is 0.791. The Kier molecular flexibility index (Phi) is 7.04. The van der Waals surface area contributed by atoms with E-state index in [0.717, 1.165) is 56.1 Å². The Morgan fingerprint density at radius 3 is 2.93 bits per heavy atom. The predicted octanol–water partition coefficient (Wildman–Crippen LogP) is 1.49. The van der Waals surface area contributed by atoms with Crippen LogP contribution >= 0.6 is 11.3 Å². The number of rotatable bonds is 5. The van der Waals surface area contributed by atoms with E-state index >= 15 is 0 Å². The monoisotopic (exact) mass is 386 g/mol. The van der Waals surface area contributed by atoms with Crippen molar-refractivity contribution in [2.75, 3.05) is 32.8 Å². The van der Waals surface area contributed by atoms with Crippen LogP contribution in [-0.2, 0) is 24.8 Å². The predicted molar refractivity (Wildman–Crippen MR) is 106 cm³/mol. The van der Waals surface area contributed by atoms with Crippen LogP contribution < -0.4 is 0 Å². The van der Waals surface area contributed by atoms with Gasteiger partial charge in [0.15, 0.2) is 0 Å². The minimum atomic E-state index is -0.107. The van der Waals surface area contributed by atoms with Gasteiger partial charge in [-0.2, -0.15) is 5.10 Å². The van der Waals surface area contributed by atoms with Gasteiger partial charge in [-0.3, -0.25) is 14.4 Å². The molecule has 0 radical (unpaired) electrons.